The van der Waals surface area contributed by atoms with Crippen LogP contribution in [-0.4, -0.2) is 19.9 Å². The molecule has 1 N–H and O–H groups in total. The van der Waals surface area contributed by atoms with Gasteiger partial charge in [0.1, 0.15) is 17.6 Å². The number of nitrogens with zero attached hydrogens (tertiary/aromatic N) is 3. The van der Waals surface area contributed by atoms with Crippen molar-refractivity contribution in [3.05, 3.63) is 47.8 Å². The van der Waals surface area contributed by atoms with Crippen LogP contribution in [0.15, 0.2) is 30.6 Å². The molecule has 1 unspecified atom stereocenters. The predicted octanol–water partition coefficient (Wildman–Crippen LogP) is 2.81. The Morgan fingerprint density at radius 2 is 2.15 bits per heavy atom. The third-order valence-corrected chi connectivity index (χ3v) is 3.87. The molecule has 0 radical (unpaired) electrons. The van der Waals surface area contributed by atoms with Gasteiger partial charge >= 0.3 is 0 Å². The number of halogens is 1. The van der Waals surface area contributed by atoms with E-state index in [1.807, 2.05) is 16.9 Å². The fourth-order valence-electron chi connectivity index (χ4n) is 2.80. The van der Waals surface area contributed by atoms with Crippen molar-refractivity contribution in [3.8, 4) is 0 Å². The smallest absolute Gasteiger partial charge is 0.147 e. The molecule has 2 heterocycles. The van der Waals surface area contributed by atoms with Crippen molar-refractivity contribution in [2.75, 3.05) is 0 Å². The van der Waals surface area contributed by atoms with Crippen LogP contribution in [-0.2, 0) is 6.42 Å². The minimum absolute atomic E-state index is 0.0860. The lowest BCUT2D eigenvalue weighted by molar-refractivity contribution is 0.166. The van der Waals surface area contributed by atoms with E-state index in [9.17, 15) is 9.50 Å². The molecule has 106 valence electrons. The molecule has 5 heteroatoms. The Bertz CT molecular complexity index is 578. The molecule has 1 aliphatic rings. The van der Waals surface area contributed by atoms with Gasteiger partial charge in [0.25, 0.3) is 0 Å². The highest BCUT2D eigenvalue weighted by atomic mass is 19.1. The van der Waals surface area contributed by atoms with Crippen molar-refractivity contribution >= 4 is 0 Å². The molecule has 3 rings (SSSR count). The fourth-order valence-corrected chi connectivity index (χ4v) is 2.80. The summed E-state index contributed by atoms with van der Waals surface area (Å²) in [6.45, 7) is 0. The van der Waals surface area contributed by atoms with E-state index in [0.717, 1.165) is 5.69 Å². The molecule has 0 bridgehead atoms. The second-order valence-electron chi connectivity index (χ2n) is 5.32. The van der Waals surface area contributed by atoms with Gasteiger partial charge in [0, 0.05) is 18.8 Å². The number of pyridine rings is 1. The van der Waals surface area contributed by atoms with E-state index < -0.39 is 11.9 Å². The zero-order valence-corrected chi connectivity index (χ0v) is 11.2. The Labute approximate surface area is 117 Å². The number of rotatable bonds is 4. The number of aliphatic hydroxyl groups excluding tert-OH is 1. The van der Waals surface area contributed by atoms with Gasteiger partial charge in [0.05, 0.1) is 11.7 Å². The molecule has 1 fully saturated rings. The van der Waals surface area contributed by atoms with Crippen molar-refractivity contribution in [3.63, 3.8) is 0 Å². The van der Waals surface area contributed by atoms with Gasteiger partial charge in [-0.2, -0.15) is 5.10 Å². The van der Waals surface area contributed by atoms with E-state index in [0.29, 0.717) is 6.04 Å². The average molecular weight is 275 g/mol. The maximum atomic E-state index is 13.5. The first-order valence-corrected chi connectivity index (χ1v) is 7.06. The van der Waals surface area contributed by atoms with Gasteiger partial charge in [-0.3, -0.25) is 9.67 Å². The Morgan fingerprint density at radius 3 is 2.90 bits per heavy atom. The second kappa shape index (κ2) is 5.71. The van der Waals surface area contributed by atoms with Crippen LogP contribution in [0.25, 0.3) is 0 Å². The van der Waals surface area contributed by atoms with E-state index >= 15 is 0 Å². The lowest BCUT2D eigenvalue weighted by atomic mass is 10.1. The van der Waals surface area contributed by atoms with Crippen LogP contribution in [0.5, 0.6) is 0 Å². The normalized spacial score (nSPS) is 17.5. The molecule has 2 aromatic rings. The third-order valence-electron chi connectivity index (χ3n) is 3.87. The second-order valence-corrected chi connectivity index (χ2v) is 5.32. The van der Waals surface area contributed by atoms with Crippen molar-refractivity contribution in [1.82, 2.24) is 14.8 Å². The summed E-state index contributed by atoms with van der Waals surface area (Å²) < 4.78 is 15.5. The molecule has 0 saturated heterocycles. The standard InChI is InChI=1S/C15H18FN3O/c16-13-6-3-8-17-15(13)14(20)10-11-7-9-19(18-11)12-4-1-2-5-12/h3,6-9,12,14,20H,1-2,4-5,10H2. The molecule has 2 aromatic heterocycles. The Hall–Kier alpha value is -1.75. The topological polar surface area (TPSA) is 50.9 Å². The van der Waals surface area contributed by atoms with Crippen LogP contribution in [0.2, 0.25) is 0 Å². The molecule has 4 nitrogen and oxygen atoms in total. The van der Waals surface area contributed by atoms with Crippen molar-refractivity contribution < 1.29 is 9.50 Å². The maximum Gasteiger partial charge on any atom is 0.147 e. The molecule has 1 aliphatic carbocycles. The van der Waals surface area contributed by atoms with Crippen LogP contribution < -0.4 is 0 Å². The van der Waals surface area contributed by atoms with Gasteiger partial charge in [-0.05, 0) is 31.0 Å². The first kappa shape index (κ1) is 13.2. The van der Waals surface area contributed by atoms with Crippen molar-refractivity contribution in [1.29, 1.82) is 0 Å². The molecule has 0 amide bonds. The monoisotopic (exact) mass is 275 g/mol. The predicted molar refractivity (Wildman–Crippen MR) is 72.6 cm³/mol. The minimum atomic E-state index is -0.955. The lowest BCUT2D eigenvalue weighted by Gasteiger charge is -2.10. The van der Waals surface area contributed by atoms with Gasteiger partial charge in [0.15, 0.2) is 0 Å². The van der Waals surface area contributed by atoms with E-state index in [-0.39, 0.29) is 12.1 Å². The summed E-state index contributed by atoms with van der Waals surface area (Å²) in [4.78, 5) is 3.90. The van der Waals surface area contributed by atoms with Gasteiger partial charge < -0.3 is 5.11 Å². The Morgan fingerprint density at radius 1 is 1.35 bits per heavy atom. The van der Waals surface area contributed by atoms with Gasteiger partial charge in [-0.25, -0.2) is 4.39 Å². The minimum Gasteiger partial charge on any atom is -0.386 e. The average Bonchev–Trinajstić information content (AvgIpc) is 3.09. The molecular weight excluding hydrogens is 257 g/mol. The molecule has 1 saturated carbocycles. The van der Waals surface area contributed by atoms with E-state index in [1.54, 1.807) is 0 Å². The van der Waals surface area contributed by atoms with Crippen LogP contribution >= 0.6 is 0 Å². The van der Waals surface area contributed by atoms with E-state index in [1.165, 1.54) is 44.0 Å². The zero-order valence-electron chi connectivity index (χ0n) is 11.2. The number of aliphatic hydroxyl groups is 1. The van der Waals surface area contributed by atoms with Gasteiger partial charge in [-0.15, -0.1) is 0 Å². The lowest BCUT2D eigenvalue weighted by Crippen LogP contribution is -2.09. The summed E-state index contributed by atoms with van der Waals surface area (Å²) in [5.41, 5.74) is 0.859. The van der Waals surface area contributed by atoms with Crippen LogP contribution in [0.4, 0.5) is 4.39 Å². The van der Waals surface area contributed by atoms with Gasteiger partial charge in [0.2, 0.25) is 0 Å². The number of hydrogen-bond donors (Lipinski definition) is 1. The summed E-state index contributed by atoms with van der Waals surface area (Å²) in [7, 11) is 0. The zero-order chi connectivity index (χ0) is 13.9. The summed E-state index contributed by atoms with van der Waals surface area (Å²) in [6.07, 6.45) is 7.60. The molecule has 20 heavy (non-hydrogen) atoms. The highest BCUT2D eigenvalue weighted by Gasteiger charge is 2.19. The first-order valence-electron chi connectivity index (χ1n) is 7.06. The third kappa shape index (κ3) is 2.72. The fraction of sp³-hybridized carbons (Fsp3) is 0.467. The summed E-state index contributed by atoms with van der Waals surface area (Å²) >= 11 is 0. The van der Waals surface area contributed by atoms with Gasteiger partial charge in [-0.1, -0.05) is 12.8 Å². The van der Waals surface area contributed by atoms with E-state index in [2.05, 4.69) is 10.1 Å². The van der Waals surface area contributed by atoms with Crippen molar-refractivity contribution in [2.45, 2.75) is 44.2 Å². The van der Waals surface area contributed by atoms with Crippen molar-refractivity contribution in [2.24, 2.45) is 0 Å². The Balaban J connectivity index is 1.70. The SMILES string of the molecule is OC(Cc1ccn(C2CCCC2)n1)c1ncccc1F. The maximum absolute atomic E-state index is 13.5. The molecule has 0 spiro atoms. The number of aromatic nitrogens is 3. The largest absolute Gasteiger partial charge is 0.386 e. The quantitative estimate of drug-likeness (QED) is 0.933. The molecule has 0 aliphatic heterocycles. The Kier molecular flexibility index (Phi) is 3.78. The summed E-state index contributed by atoms with van der Waals surface area (Å²) in [6, 6.07) is 5.19. The summed E-state index contributed by atoms with van der Waals surface area (Å²) in [5.74, 6) is -0.477. The highest BCUT2D eigenvalue weighted by molar-refractivity contribution is 5.13. The highest BCUT2D eigenvalue weighted by Crippen LogP contribution is 2.29. The summed E-state index contributed by atoms with van der Waals surface area (Å²) in [5, 5.41) is 14.6. The van der Waals surface area contributed by atoms with Crippen LogP contribution in [0.1, 0.15) is 49.2 Å². The molecular formula is C15H18FN3O. The molecule has 1 atom stereocenters. The number of hydrogen-bond acceptors (Lipinski definition) is 3. The molecule has 0 aromatic carbocycles. The first-order chi connectivity index (χ1) is 9.74. The van der Waals surface area contributed by atoms with Crippen LogP contribution in [0.3, 0.4) is 0 Å². The van der Waals surface area contributed by atoms with Crippen LogP contribution in [0, 0.1) is 5.82 Å². The van der Waals surface area contributed by atoms with E-state index in [4.69, 9.17) is 0 Å².